The van der Waals surface area contributed by atoms with Gasteiger partial charge in [-0.05, 0) is 93.8 Å². The van der Waals surface area contributed by atoms with Crippen LogP contribution in [0.4, 0.5) is 16.3 Å². The number of carbonyl (C=O) groups is 4. The van der Waals surface area contributed by atoms with Gasteiger partial charge >= 0.3 is 6.09 Å². The Morgan fingerprint density at radius 3 is 2.35 bits per heavy atom. The third-order valence-corrected chi connectivity index (χ3v) is 10.5. The molecule has 2 aromatic carbocycles. The van der Waals surface area contributed by atoms with Crippen molar-refractivity contribution in [2.45, 2.75) is 84.4 Å². The smallest absolute Gasteiger partial charge is 0.410 e. The van der Waals surface area contributed by atoms with Gasteiger partial charge in [0, 0.05) is 56.1 Å². The Morgan fingerprint density at radius 2 is 1.67 bits per heavy atom. The molecule has 0 saturated carbocycles. The van der Waals surface area contributed by atoms with Crippen LogP contribution in [0.3, 0.4) is 0 Å². The highest BCUT2D eigenvalue weighted by atomic mass is 16.6. The average molecular weight is 708 g/mol. The van der Waals surface area contributed by atoms with Gasteiger partial charge in [-0.1, -0.05) is 43.3 Å². The molecule has 1 aromatic heterocycles. The molecule has 1 saturated heterocycles. The number of hydrogen-bond donors (Lipinski definition) is 3. The molecule has 0 bridgehead atoms. The number of pyridine rings is 1. The molecule has 3 aromatic rings. The van der Waals surface area contributed by atoms with Gasteiger partial charge in [0.2, 0.25) is 17.7 Å². The Kier molecular flexibility index (Phi) is 9.87. The highest BCUT2D eigenvalue weighted by Gasteiger charge is 2.51. The maximum absolute atomic E-state index is 14.5. The van der Waals surface area contributed by atoms with E-state index in [1.807, 2.05) is 87.2 Å². The maximum Gasteiger partial charge on any atom is 0.410 e. The van der Waals surface area contributed by atoms with Crippen molar-refractivity contribution in [3.05, 3.63) is 88.6 Å². The molecule has 1 fully saturated rings. The molecule has 0 unspecified atom stereocenters. The number of amides is 4. The van der Waals surface area contributed by atoms with Crippen LogP contribution in [0.2, 0.25) is 0 Å². The SMILES string of the molecule is CC(=N)N1CCC(C)(C(=O)N(CC(=O)Nc2ccc3c(c2)C[C@@]2(C3)C(=O)Nc3ncccc32)Cc2ccccc2CN(C)C(=O)OC(C)(C)C)CC1. The van der Waals surface area contributed by atoms with E-state index in [2.05, 4.69) is 15.6 Å². The maximum atomic E-state index is 14.5. The molecule has 3 N–H and O–H groups in total. The molecule has 4 amide bonds. The van der Waals surface area contributed by atoms with Crippen LogP contribution >= 0.6 is 0 Å². The average Bonchev–Trinajstić information content (AvgIpc) is 3.60. The van der Waals surface area contributed by atoms with Crippen LogP contribution in [0, 0.1) is 10.8 Å². The molecular weight excluding hydrogens is 658 g/mol. The molecule has 3 heterocycles. The molecule has 1 spiro atoms. The lowest BCUT2D eigenvalue weighted by Crippen LogP contribution is -2.51. The quantitative estimate of drug-likeness (QED) is 0.207. The molecule has 1 aliphatic carbocycles. The predicted molar refractivity (Wildman–Crippen MR) is 199 cm³/mol. The number of hydrogen-bond acceptors (Lipinski definition) is 7. The number of likely N-dealkylation sites (tertiary alicyclic amines) is 1. The van der Waals surface area contributed by atoms with Gasteiger partial charge in [0.25, 0.3) is 0 Å². The van der Waals surface area contributed by atoms with E-state index in [0.29, 0.717) is 56.1 Å². The monoisotopic (exact) mass is 707 g/mol. The van der Waals surface area contributed by atoms with Gasteiger partial charge < -0.3 is 30.1 Å². The largest absolute Gasteiger partial charge is 0.444 e. The number of nitrogens with zero attached hydrogens (tertiary/aromatic N) is 4. The summed E-state index contributed by atoms with van der Waals surface area (Å²) in [5.74, 6) is 0.543. The fourth-order valence-corrected chi connectivity index (χ4v) is 7.58. The van der Waals surface area contributed by atoms with Gasteiger partial charge in [-0.25, -0.2) is 9.78 Å². The summed E-state index contributed by atoms with van der Waals surface area (Å²) in [6.07, 6.45) is 3.39. The zero-order chi connectivity index (χ0) is 37.4. The van der Waals surface area contributed by atoms with Crippen molar-refractivity contribution in [1.29, 1.82) is 5.41 Å². The Hall–Kier alpha value is -5.26. The first-order valence-electron chi connectivity index (χ1n) is 17.9. The van der Waals surface area contributed by atoms with Gasteiger partial charge in [-0.3, -0.25) is 19.8 Å². The number of nitrogens with one attached hydrogen (secondary N) is 3. The van der Waals surface area contributed by atoms with E-state index in [1.165, 1.54) is 4.90 Å². The number of fused-ring (bicyclic) bond motifs is 3. The number of anilines is 2. The molecule has 3 aliphatic rings. The number of benzene rings is 2. The van der Waals surface area contributed by atoms with E-state index < -0.39 is 22.5 Å². The normalized spacial score (nSPS) is 18.7. The first-order valence-corrected chi connectivity index (χ1v) is 17.9. The zero-order valence-electron chi connectivity index (χ0n) is 31.0. The molecule has 274 valence electrons. The Labute approximate surface area is 305 Å². The van der Waals surface area contributed by atoms with E-state index in [9.17, 15) is 19.2 Å². The van der Waals surface area contributed by atoms with E-state index in [1.54, 1.807) is 25.1 Å². The summed E-state index contributed by atoms with van der Waals surface area (Å²) in [7, 11) is 1.68. The van der Waals surface area contributed by atoms with Gasteiger partial charge in [0.1, 0.15) is 18.0 Å². The third-order valence-electron chi connectivity index (χ3n) is 10.5. The third kappa shape index (κ3) is 7.51. The molecule has 52 heavy (non-hydrogen) atoms. The van der Waals surface area contributed by atoms with E-state index in [0.717, 1.165) is 27.8 Å². The van der Waals surface area contributed by atoms with Crippen molar-refractivity contribution in [3.63, 3.8) is 0 Å². The molecule has 1 atom stereocenters. The van der Waals surface area contributed by atoms with Crippen LogP contribution in [-0.2, 0) is 50.5 Å². The number of rotatable bonds is 8. The summed E-state index contributed by atoms with van der Waals surface area (Å²) < 4.78 is 5.56. The van der Waals surface area contributed by atoms with Crippen molar-refractivity contribution in [1.82, 2.24) is 19.7 Å². The molecule has 2 aliphatic heterocycles. The summed E-state index contributed by atoms with van der Waals surface area (Å²) in [5.41, 5.74) is 3.11. The van der Waals surface area contributed by atoms with Crippen LogP contribution in [0.1, 0.15) is 75.3 Å². The van der Waals surface area contributed by atoms with Crippen LogP contribution in [0.15, 0.2) is 60.8 Å². The highest BCUT2D eigenvalue weighted by Crippen LogP contribution is 2.47. The van der Waals surface area contributed by atoms with E-state index in [-0.39, 0.29) is 37.4 Å². The van der Waals surface area contributed by atoms with Crippen molar-refractivity contribution >= 4 is 41.2 Å². The van der Waals surface area contributed by atoms with Gasteiger partial charge in [-0.2, -0.15) is 0 Å². The lowest BCUT2D eigenvalue weighted by molar-refractivity contribution is -0.146. The standard InChI is InChI=1S/C40H49N7O5/c1-26(41)46-18-15-39(5,16-19-46)36(50)47(24-29-11-8-7-10-28(29)23-45(6)37(51)52-38(2,3)4)25-33(48)43-31-14-13-27-21-40(22-30(27)20-31)32-12-9-17-42-34(32)44-35(40)49/h7-14,17,20,41H,15-16,18-19,21-25H2,1-6H3,(H,43,48)(H,42,44,49)/t40-/m1/s1. The van der Waals surface area contributed by atoms with Crippen molar-refractivity contribution in [2.75, 3.05) is 37.3 Å². The summed E-state index contributed by atoms with van der Waals surface area (Å²) in [4.78, 5) is 63.7. The fourth-order valence-electron chi connectivity index (χ4n) is 7.58. The Morgan fingerprint density at radius 1 is 1.00 bits per heavy atom. The summed E-state index contributed by atoms with van der Waals surface area (Å²) in [5, 5.41) is 14.0. The summed E-state index contributed by atoms with van der Waals surface area (Å²) >= 11 is 0. The first-order chi connectivity index (χ1) is 24.6. The molecular formula is C40H49N7O5. The Bertz CT molecular complexity index is 1910. The topological polar surface area (TPSA) is 148 Å². The number of amidine groups is 1. The number of ether oxygens (including phenoxy) is 1. The fraction of sp³-hybridized carbons (Fsp3) is 0.450. The van der Waals surface area contributed by atoms with E-state index >= 15 is 0 Å². The Balaban J connectivity index is 1.21. The predicted octanol–water partition coefficient (Wildman–Crippen LogP) is 5.50. The second-order valence-corrected chi connectivity index (χ2v) is 15.7. The molecule has 12 nitrogen and oxygen atoms in total. The molecule has 6 rings (SSSR count). The minimum absolute atomic E-state index is 0.0650. The number of carbonyl (C=O) groups excluding carboxylic acids is 4. The van der Waals surface area contributed by atoms with Crippen molar-refractivity contribution in [3.8, 4) is 0 Å². The van der Waals surface area contributed by atoms with Crippen molar-refractivity contribution in [2.24, 2.45) is 5.41 Å². The van der Waals surface area contributed by atoms with Crippen LogP contribution in [-0.4, -0.2) is 81.6 Å². The molecule has 12 heteroatoms. The zero-order valence-corrected chi connectivity index (χ0v) is 31.0. The van der Waals surface area contributed by atoms with Gasteiger partial charge in [-0.15, -0.1) is 0 Å². The number of aromatic nitrogens is 1. The van der Waals surface area contributed by atoms with Gasteiger partial charge in [0.15, 0.2) is 0 Å². The number of piperidine rings is 1. The second kappa shape index (κ2) is 14.0. The summed E-state index contributed by atoms with van der Waals surface area (Å²) in [6.45, 7) is 10.6. The first kappa shape index (κ1) is 36.5. The minimum Gasteiger partial charge on any atom is -0.444 e. The van der Waals surface area contributed by atoms with Crippen LogP contribution in [0.25, 0.3) is 0 Å². The van der Waals surface area contributed by atoms with Crippen LogP contribution < -0.4 is 10.6 Å². The summed E-state index contributed by atoms with van der Waals surface area (Å²) in [6, 6.07) is 17.1. The van der Waals surface area contributed by atoms with Crippen LogP contribution in [0.5, 0.6) is 0 Å². The van der Waals surface area contributed by atoms with E-state index in [4.69, 9.17) is 10.1 Å². The van der Waals surface area contributed by atoms with Gasteiger partial charge in [0.05, 0.1) is 11.3 Å². The lowest BCUT2D eigenvalue weighted by atomic mass is 9.78. The second-order valence-electron chi connectivity index (χ2n) is 15.7. The van der Waals surface area contributed by atoms with Crippen molar-refractivity contribution < 1.29 is 23.9 Å². The minimum atomic E-state index is -0.719. The molecule has 0 radical (unpaired) electrons. The highest BCUT2D eigenvalue weighted by molar-refractivity contribution is 6.06. The lowest BCUT2D eigenvalue weighted by Gasteiger charge is -2.41.